The smallest absolute Gasteiger partial charge is 0.225 e. The van der Waals surface area contributed by atoms with Crippen LogP contribution in [0.3, 0.4) is 0 Å². The largest absolute Gasteiger partial charge is 0.361 e. The first-order valence-electron chi connectivity index (χ1n) is 7.42. The molecular formula is C15H23N3O2. The van der Waals surface area contributed by atoms with Crippen LogP contribution >= 0.6 is 0 Å². The Morgan fingerprint density at radius 1 is 1.45 bits per heavy atom. The van der Waals surface area contributed by atoms with E-state index in [0.717, 1.165) is 50.5 Å². The predicted octanol–water partition coefficient (Wildman–Crippen LogP) is 1.82. The molecule has 0 N–H and O–H groups in total. The van der Waals surface area contributed by atoms with Crippen LogP contribution in [-0.2, 0) is 11.3 Å². The SMILES string of the molecule is Cc1cc(CN2CCN(C(=O)C3CC3)CC2(C)C)no1. The van der Waals surface area contributed by atoms with Gasteiger partial charge >= 0.3 is 0 Å². The van der Waals surface area contributed by atoms with Crippen molar-refractivity contribution in [1.82, 2.24) is 15.0 Å². The monoisotopic (exact) mass is 277 g/mol. The van der Waals surface area contributed by atoms with E-state index >= 15 is 0 Å². The zero-order valence-corrected chi connectivity index (χ0v) is 12.6. The molecule has 1 aromatic heterocycles. The Labute approximate surface area is 119 Å². The molecular weight excluding hydrogens is 254 g/mol. The number of carbonyl (C=O) groups excluding carboxylic acids is 1. The third-order valence-electron chi connectivity index (χ3n) is 4.34. The van der Waals surface area contributed by atoms with Crippen LogP contribution in [0.2, 0.25) is 0 Å². The molecule has 1 aromatic rings. The first kappa shape index (κ1) is 13.6. The summed E-state index contributed by atoms with van der Waals surface area (Å²) in [5, 5.41) is 4.07. The highest BCUT2D eigenvalue weighted by molar-refractivity contribution is 5.81. The Hall–Kier alpha value is -1.36. The van der Waals surface area contributed by atoms with Gasteiger partial charge in [0.05, 0.1) is 5.69 Å². The molecule has 0 spiro atoms. The highest BCUT2D eigenvalue weighted by atomic mass is 16.5. The van der Waals surface area contributed by atoms with E-state index in [1.807, 2.05) is 17.9 Å². The Morgan fingerprint density at radius 2 is 2.20 bits per heavy atom. The van der Waals surface area contributed by atoms with Crippen LogP contribution in [0.5, 0.6) is 0 Å². The number of rotatable bonds is 3. The average Bonchev–Trinajstić information content (AvgIpc) is 3.15. The standard InChI is InChI=1S/C15H23N3O2/c1-11-8-13(16-20-11)9-18-7-6-17(10-15(18,2)3)14(19)12-4-5-12/h8,12H,4-7,9-10H2,1-3H3. The number of piperazine rings is 1. The second kappa shape index (κ2) is 4.88. The van der Waals surface area contributed by atoms with E-state index in [0.29, 0.717) is 11.8 Å². The molecule has 0 atom stereocenters. The van der Waals surface area contributed by atoms with Crippen LogP contribution in [0.25, 0.3) is 0 Å². The number of hydrogen-bond acceptors (Lipinski definition) is 4. The fourth-order valence-corrected chi connectivity index (χ4v) is 2.95. The fraction of sp³-hybridized carbons (Fsp3) is 0.733. The molecule has 5 heteroatoms. The first-order chi connectivity index (χ1) is 9.45. The summed E-state index contributed by atoms with van der Waals surface area (Å²) in [4.78, 5) is 16.6. The van der Waals surface area contributed by atoms with Gasteiger partial charge in [0.2, 0.25) is 5.91 Å². The van der Waals surface area contributed by atoms with E-state index in [-0.39, 0.29) is 5.54 Å². The molecule has 2 aliphatic rings. The van der Waals surface area contributed by atoms with Crippen molar-refractivity contribution in [3.63, 3.8) is 0 Å². The summed E-state index contributed by atoms with van der Waals surface area (Å²) in [6, 6.07) is 1.98. The van der Waals surface area contributed by atoms with Gasteiger partial charge in [-0.2, -0.15) is 0 Å². The highest BCUT2D eigenvalue weighted by Crippen LogP contribution is 2.33. The van der Waals surface area contributed by atoms with Crippen molar-refractivity contribution in [2.75, 3.05) is 19.6 Å². The minimum Gasteiger partial charge on any atom is -0.361 e. The number of amides is 1. The minimum absolute atomic E-state index is 0.0182. The number of hydrogen-bond donors (Lipinski definition) is 0. The van der Waals surface area contributed by atoms with Crippen LogP contribution in [0.15, 0.2) is 10.6 Å². The van der Waals surface area contributed by atoms with E-state index in [2.05, 4.69) is 23.9 Å². The molecule has 0 unspecified atom stereocenters. The maximum atomic E-state index is 12.2. The quantitative estimate of drug-likeness (QED) is 0.845. The van der Waals surface area contributed by atoms with E-state index in [9.17, 15) is 4.79 Å². The van der Waals surface area contributed by atoms with E-state index in [1.54, 1.807) is 0 Å². The summed E-state index contributed by atoms with van der Waals surface area (Å²) in [6.45, 7) is 9.63. The molecule has 0 aromatic carbocycles. The molecule has 1 amide bonds. The van der Waals surface area contributed by atoms with Crippen molar-refractivity contribution in [2.45, 2.75) is 45.7 Å². The first-order valence-corrected chi connectivity index (χ1v) is 7.42. The Balaban J connectivity index is 1.64. The van der Waals surface area contributed by atoms with Crippen molar-refractivity contribution >= 4 is 5.91 Å². The van der Waals surface area contributed by atoms with Crippen molar-refractivity contribution < 1.29 is 9.32 Å². The number of aromatic nitrogens is 1. The van der Waals surface area contributed by atoms with Gasteiger partial charge in [-0.15, -0.1) is 0 Å². The zero-order valence-electron chi connectivity index (χ0n) is 12.6. The molecule has 5 nitrogen and oxygen atoms in total. The van der Waals surface area contributed by atoms with Gasteiger partial charge in [-0.1, -0.05) is 5.16 Å². The predicted molar refractivity (Wildman–Crippen MR) is 75.0 cm³/mol. The summed E-state index contributed by atoms with van der Waals surface area (Å²) in [5.41, 5.74) is 0.952. The molecule has 20 heavy (non-hydrogen) atoms. The van der Waals surface area contributed by atoms with Crippen LogP contribution in [-0.4, -0.2) is 46.0 Å². The summed E-state index contributed by atoms with van der Waals surface area (Å²) in [5.74, 6) is 1.52. The highest BCUT2D eigenvalue weighted by Gasteiger charge is 2.40. The minimum atomic E-state index is -0.0182. The fourth-order valence-electron chi connectivity index (χ4n) is 2.95. The molecule has 110 valence electrons. The molecule has 2 fully saturated rings. The lowest BCUT2D eigenvalue weighted by Gasteiger charge is -2.47. The molecule has 1 saturated heterocycles. The molecule has 3 rings (SSSR count). The maximum Gasteiger partial charge on any atom is 0.225 e. The lowest BCUT2D eigenvalue weighted by Crippen LogP contribution is -2.60. The molecule has 1 aliphatic heterocycles. The van der Waals surface area contributed by atoms with Crippen molar-refractivity contribution in [3.05, 3.63) is 17.5 Å². The van der Waals surface area contributed by atoms with Gasteiger partial charge in [0.15, 0.2) is 0 Å². The van der Waals surface area contributed by atoms with Gasteiger partial charge in [-0.3, -0.25) is 9.69 Å². The van der Waals surface area contributed by atoms with E-state index in [4.69, 9.17) is 4.52 Å². The van der Waals surface area contributed by atoms with Crippen LogP contribution in [0, 0.1) is 12.8 Å². The number of nitrogens with zero attached hydrogens (tertiary/aromatic N) is 3. The average molecular weight is 277 g/mol. The molecule has 2 heterocycles. The van der Waals surface area contributed by atoms with Gasteiger partial charge < -0.3 is 9.42 Å². The van der Waals surface area contributed by atoms with E-state index < -0.39 is 0 Å². The molecule has 1 aliphatic carbocycles. The second-order valence-corrected chi connectivity index (χ2v) is 6.70. The zero-order chi connectivity index (χ0) is 14.3. The van der Waals surface area contributed by atoms with Crippen molar-refractivity contribution in [2.24, 2.45) is 5.92 Å². The van der Waals surface area contributed by atoms with Crippen molar-refractivity contribution in [3.8, 4) is 0 Å². The second-order valence-electron chi connectivity index (χ2n) is 6.70. The Kier molecular flexibility index (Phi) is 3.32. The van der Waals surface area contributed by atoms with Crippen molar-refractivity contribution in [1.29, 1.82) is 0 Å². The van der Waals surface area contributed by atoms with Crippen LogP contribution < -0.4 is 0 Å². The normalized spacial score (nSPS) is 23.1. The number of aryl methyl sites for hydroxylation is 1. The van der Waals surface area contributed by atoms with Gasteiger partial charge in [-0.25, -0.2) is 0 Å². The summed E-state index contributed by atoms with van der Waals surface area (Å²) >= 11 is 0. The maximum absolute atomic E-state index is 12.2. The van der Waals surface area contributed by atoms with Crippen LogP contribution in [0.1, 0.15) is 38.1 Å². The summed E-state index contributed by atoms with van der Waals surface area (Å²) in [7, 11) is 0. The lowest BCUT2D eigenvalue weighted by molar-refractivity contribution is -0.137. The molecule has 0 radical (unpaired) electrons. The Bertz CT molecular complexity index is 505. The lowest BCUT2D eigenvalue weighted by atomic mass is 9.98. The van der Waals surface area contributed by atoms with Gasteiger partial charge in [0.1, 0.15) is 5.76 Å². The third kappa shape index (κ3) is 2.73. The molecule has 0 bridgehead atoms. The Morgan fingerprint density at radius 3 is 2.75 bits per heavy atom. The van der Waals surface area contributed by atoms with Gasteiger partial charge in [-0.05, 0) is 33.6 Å². The van der Waals surface area contributed by atoms with Crippen LogP contribution in [0.4, 0.5) is 0 Å². The number of carbonyl (C=O) groups is 1. The van der Waals surface area contributed by atoms with Gasteiger partial charge in [0.25, 0.3) is 0 Å². The third-order valence-corrected chi connectivity index (χ3v) is 4.34. The summed E-state index contributed by atoms with van der Waals surface area (Å²) in [6.07, 6.45) is 2.16. The van der Waals surface area contributed by atoms with E-state index in [1.165, 1.54) is 0 Å². The van der Waals surface area contributed by atoms with Gasteiger partial charge in [0, 0.05) is 43.7 Å². The summed E-state index contributed by atoms with van der Waals surface area (Å²) < 4.78 is 5.13. The topological polar surface area (TPSA) is 49.6 Å². The molecule has 1 saturated carbocycles.